The Kier molecular flexibility index (Phi) is 4.04. The summed E-state index contributed by atoms with van der Waals surface area (Å²) < 4.78 is 0. The minimum absolute atomic E-state index is 1.15. The van der Waals surface area contributed by atoms with Crippen LogP contribution < -0.4 is 0 Å². The Bertz CT molecular complexity index is 295. The first-order valence-corrected chi connectivity index (χ1v) is 4.75. The lowest BCUT2D eigenvalue weighted by Crippen LogP contribution is -1.86. The molecule has 0 bridgehead atoms. The average Bonchev–Trinajstić information content (AvgIpc) is 2.17. The lowest BCUT2D eigenvalue weighted by atomic mass is 10.0. The number of aryl methyl sites for hydroxylation is 1. The highest BCUT2D eigenvalue weighted by molar-refractivity contribution is 5.55. The van der Waals surface area contributed by atoms with Gasteiger partial charge in [-0.25, -0.2) is 0 Å². The zero-order valence-corrected chi connectivity index (χ0v) is 8.16. The van der Waals surface area contributed by atoms with Crippen molar-refractivity contribution in [2.24, 2.45) is 0 Å². The monoisotopic (exact) mass is 172 g/mol. The second-order valence-electron chi connectivity index (χ2n) is 3.04. The summed E-state index contributed by atoms with van der Waals surface area (Å²) in [6, 6.07) is 8.50. The predicted molar refractivity (Wildman–Crippen MR) is 59.7 cm³/mol. The Labute approximate surface area is 80.6 Å². The van der Waals surface area contributed by atoms with Crippen LogP contribution in [0.5, 0.6) is 0 Å². The van der Waals surface area contributed by atoms with Crippen LogP contribution in [0.15, 0.2) is 43.0 Å². The molecule has 0 unspecified atom stereocenters. The topological polar surface area (TPSA) is 0 Å². The van der Waals surface area contributed by atoms with E-state index < -0.39 is 0 Å². The molecule has 0 N–H and O–H groups in total. The molecule has 0 spiro atoms. The molecule has 0 saturated heterocycles. The first-order chi connectivity index (χ1) is 6.38. The quantitative estimate of drug-likeness (QED) is 0.605. The molecule has 0 fully saturated rings. The van der Waals surface area contributed by atoms with Crippen molar-refractivity contribution < 1.29 is 0 Å². The summed E-state index contributed by atoms with van der Waals surface area (Å²) in [7, 11) is 0. The van der Waals surface area contributed by atoms with E-state index in [1.165, 1.54) is 17.5 Å². The summed E-state index contributed by atoms with van der Waals surface area (Å²) in [4.78, 5) is 0. The van der Waals surface area contributed by atoms with Crippen LogP contribution in [0.3, 0.4) is 0 Å². The van der Waals surface area contributed by atoms with E-state index in [1.807, 2.05) is 12.2 Å². The van der Waals surface area contributed by atoms with Crippen molar-refractivity contribution in [1.29, 1.82) is 0 Å². The van der Waals surface area contributed by atoms with Crippen LogP contribution in [-0.4, -0.2) is 0 Å². The highest BCUT2D eigenvalue weighted by Crippen LogP contribution is 2.12. The molecule has 0 heteroatoms. The van der Waals surface area contributed by atoms with Gasteiger partial charge in [-0.1, -0.05) is 62.4 Å². The first-order valence-electron chi connectivity index (χ1n) is 4.75. The van der Waals surface area contributed by atoms with Crippen molar-refractivity contribution in [1.82, 2.24) is 0 Å². The molecule has 0 amide bonds. The van der Waals surface area contributed by atoms with Crippen LogP contribution in [0.2, 0.25) is 0 Å². The normalized spacial score (nSPS) is 10.5. The van der Waals surface area contributed by atoms with E-state index in [0.29, 0.717) is 0 Å². The van der Waals surface area contributed by atoms with Gasteiger partial charge in [0, 0.05) is 0 Å². The third-order valence-electron chi connectivity index (χ3n) is 1.99. The number of benzene rings is 1. The summed E-state index contributed by atoms with van der Waals surface area (Å²) in [5, 5.41) is 0. The fourth-order valence-corrected chi connectivity index (χ4v) is 1.37. The molecular weight excluding hydrogens is 156 g/mol. The third-order valence-corrected chi connectivity index (χ3v) is 1.99. The summed E-state index contributed by atoms with van der Waals surface area (Å²) in [6.45, 7) is 5.87. The Morgan fingerprint density at radius 3 is 2.77 bits per heavy atom. The minimum atomic E-state index is 1.15. The van der Waals surface area contributed by atoms with Gasteiger partial charge in [-0.05, 0) is 17.5 Å². The van der Waals surface area contributed by atoms with E-state index in [1.54, 1.807) is 0 Å². The standard InChI is InChI=1S/C13H16/c1-3-5-9-13-11-7-6-10-12(13)8-4-2/h3,5-7,9-11H,1,4,8H2,2H3/b9-5+. The van der Waals surface area contributed by atoms with Gasteiger partial charge in [0.1, 0.15) is 0 Å². The summed E-state index contributed by atoms with van der Waals surface area (Å²) in [6.07, 6.45) is 8.24. The molecule has 1 rings (SSSR count). The van der Waals surface area contributed by atoms with Crippen LogP contribution in [0, 0.1) is 0 Å². The van der Waals surface area contributed by atoms with Crippen molar-refractivity contribution >= 4 is 6.08 Å². The molecule has 0 atom stereocenters. The van der Waals surface area contributed by atoms with Crippen LogP contribution in [0.1, 0.15) is 24.5 Å². The fourth-order valence-electron chi connectivity index (χ4n) is 1.37. The molecule has 0 saturated carbocycles. The molecule has 0 aliphatic heterocycles. The average molecular weight is 172 g/mol. The number of hydrogen-bond donors (Lipinski definition) is 0. The van der Waals surface area contributed by atoms with E-state index in [-0.39, 0.29) is 0 Å². The summed E-state index contributed by atoms with van der Waals surface area (Å²) in [5.74, 6) is 0. The SMILES string of the molecule is C=C/C=C/c1ccccc1CCC. The van der Waals surface area contributed by atoms with Crippen molar-refractivity contribution in [3.63, 3.8) is 0 Å². The Hall–Kier alpha value is -1.30. The van der Waals surface area contributed by atoms with Crippen molar-refractivity contribution in [3.8, 4) is 0 Å². The molecule has 1 aromatic carbocycles. The maximum Gasteiger partial charge on any atom is -0.0225 e. The predicted octanol–water partition coefficient (Wildman–Crippen LogP) is 3.84. The van der Waals surface area contributed by atoms with Crippen molar-refractivity contribution in [2.45, 2.75) is 19.8 Å². The maximum absolute atomic E-state index is 3.66. The van der Waals surface area contributed by atoms with Gasteiger partial charge in [0.05, 0.1) is 0 Å². The first kappa shape index (κ1) is 9.79. The second kappa shape index (κ2) is 5.36. The lowest BCUT2D eigenvalue weighted by molar-refractivity contribution is 0.919. The molecule has 1 aromatic rings. The highest BCUT2D eigenvalue weighted by Gasteiger charge is 1.95. The molecule has 0 aliphatic carbocycles. The summed E-state index contributed by atoms with van der Waals surface area (Å²) >= 11 is 0. The third kappa shape index (κ3) is 2.90. The van der Waals surface area contributed by atoms with Crippen molar-refractivity contribution in [3.05, 3.63) is 54.1 Å². The Morgan fingerprint density at radius 1 is 1.31 bits per heavy atom. The molecule has 0 radical (unpaired) electrons. The number of allylic oxidation sites excluding steroid dienone is 2. The van der Waals surface area contributed by atoms with Gasteiger partial charge in [0.2, 0.25) is 0 Å². The molecule has 0 nitrogen and oxygen atoms in total. The van der Waals surface area contributed by atoms with Gasteiger partial charge in [0.15, 0.2) is 0 Å². The van der Waals surface area contributed by atoms with Crippen LogP contribution >= 0.6 is 0 Å². The Morgan fingerprint density at radius 2 is 2.08 bits per heavy atom. The zero-order valence-electron chi connectivity index (χ0n) is 8.16. The molecule has 13 heavy (non-hydrogen) atoms. The number of rotatable bonds is 4. The van der Waals surface area contributed by atoms with Gasteiger partial charge in [-0.2, -0.15) is 0 Å². The largest absolute Gasteiger partial charge is 0.0991 e. The van der Waals surface area contributed by atoms with Gasteiger partial charge < -0.3 is 0 Å². The molecular formula is C13H16. The maximum atomic E-state index is 3.66. The fraction of sp³-hybridized carbons (Fsp3) is 0.231. The number of hydrogen-bond acceptors (Lipinski definition) is 0. The van der Waals surface area contributed by atoms with E-state index in [0.717, 1.165) is 6.42 Å². The molecule has 0 aromatic heterocycles. The second-order valence-corrected chi connectivity index (χ2v) is 3.04. The Balaban J connectivity index is 2.90. The van der Waals surface area contributed by atoms with Gasteiger partial charge >= 0.3 is 0 Å². The smallest absolute Gasteiger partial charge is 0.0225 e. The van der Waals surface area contributed by atoms with E-state index >= 15 is 0 Å². The summed E-state index contributed by atoms with van der Waals surface area (Å²) in [5.41, 5.74) is 2.73. The minimum Gasteiger partial charge on any atom is -0.0991 e. The van der Waals surface area contributed by atoms with E-state index in [4.69, 9.17) is 0 Å². The van der Waals surface area contributed by atoms with Crippen LogP contribution in [-0.2, 0) is 6.42 Å². The zero-order chi connectivity index (χ0) is 9.52. The van der Waals surface area contributed by atoms with Crippen molar-refractivity contribution in [2.75, 3.05) is 0 Å². The van der Waals surface area contributed by atoms with Crippen LogP contribution in [0.4, 0.5) is 0 Å². The van der Waals surface area contributed by atoms with Gasteiger partial charge in [-0.15, -0.1) is 0 Å². The molecule has 0 aliphatic rings. The van der Waals surface area contributed by atoms with Gasteiger partial charge in [0.25, 0.3) is 0 Å². The molecule has 0 heterocycles. The van der Waals surface area contributed by atoms with E-state index in [9.17, 15) is 0 Å². The van der Waals surface area contributed by atoms with E-state index in [2.05, 4.69) is 43.8 Å². The van der Waals surface area contributed by atoms with Crippen LogP contribution in [0.25, 0.3) is 6.08 Å². The highest BCUT2D eigenvalue weighted by atomic mass is 14.0. The molecule has 68 valence electrons. The lowest BCUT2D eigenvalue weighted by Gasteiger charge is -2.02. The van der Waals surface area contributed by atoms with Gasteiger partial charge in [-0.3, -0.25) is 0 Å².